The van der Waals surface area contributed by atoms with E-state index in [1.807, 2.05) is 103 Å². The van der Waals surface area contributed by atoms with Crippen LogP contribution in [0.3, 0.4) is 0 Å². The second kappa shape index (κ2) is 74.4. The molecule has 132 heavy (non-hydrogen) atoms. The molecule has 14 aromatic rings. The molecule has 11 N–H and O–H groups in total. The summed E-state index contributed by atoms with van der Waals surface area (Å²) in [6, 6.07) is 83.7. The zero-order chi connectivity index (χ0) is 93.3. The van der Waals surface area contributed by atoms with E-state index in [-0.39, 0.29) is 166 Å². The third-order valence-corrected chi connectivity index (χ3v) is 15.6. The normalized spacial score (nSPS) is 11.3. The number of aryl methyl sites for hydroxylation is 1. The Bertz CT molecular complexity index is 5250. The van der Waals surface area contributed by atoms with Crippen LogP contribution >= 0.6 is 11.3 Å². The van der Waals surface area contributed by atoms with Gasteiger partial charge >= 0.3 is 5.97 Å². The van der Waals surface area contributed by atoms with Crippen LogP contribution in [0, 0.1) is 78.2 Å². The van der Waals surface area contributed by atoms with Gasteiger partial charge in [-0.2, -0.15) is 0 Å². The fourth-order valence-electron chi connectivity index (χ4n) is 9.41. The van der Waals surface area contributed by atoms with Gasteiger partial charge in [-0.05, 0) is 186 Å². The smallest absolute Gasteiger partial charge is 0.354 e. The van der Waals surface area contributed by atoms with Crippen LogP contribution in [-0.4, -0.2) is 128 Å². The van der Waals surface area contributed by atoms with Crippen molar-refractivity contribution in [1.29, 1.82) is 0 Å². The number of hydrogen-bond donors (Lipinski definition) is 11. The first-order valence-electron chi connectivity index (χ1n) is 38.4. The van der Waals surface area contributed by atoms with Gasteiger partial charge < -0.3 is 86.1 Å². The van der Waals surface area contributed by atoms with Gasteiger partial charge in [0.1, 0.15) is 5.69 Å². The van der Waals surface area contributed by atoms with Gasteiger partial charge in [0.2, 0.25) is 0 Å². The largest absolute Gasteiger partial charge is 0.513 e. The number of rotatable bonds is 12. The number of benzene rings is 6. The first-order valence-corrected chi connectivity index (χ1v) is 39.2. The van der Waals surface area contributed by atoms with Crippen LogP contribution in [0.2, 0.25) is 0 Å². The number of thiophene rings is 1. The SMILES string of the molecule is CC(O)=CC(C)O.CC(O)=CC(C)O.CC(O)=CC(C)O.CC(O)=CC(C)O.CC(O)=CC(C)O.Cc1c[c-]c(-c2ccccn2)cc1.Fc1c[c-]c(-c2ccccn2)c(F)c1.Fc1c[c-]c(-c2ccccn2)cc1F.Fc1c[c-]c(-c2ccccn2)cc1F.O=C(O)c1ccccn1.[Pt].[Pt].[Pt].[Pt].[Pt].[Pt].[c-]1c(-c2ccccn2)sc2ccccc12.[c-]1ccccc1-c1ccccn1. The number of fused-ring (bicyclic) bond motifs is 1. The van der Waals surface area contributed by atoms with E-state index in [9.17, 15) is 31.1 Å². The molecule has 6 aromatic carbocycles. The van der Waals surface area contributed by atoms with E-state index in [1.54, 1.807) is 144 Å². The van der Waals surface area contributed by atoms with Gasteiger partial charge in [0, 0.05) is 187 Å². The van der Waals surface area contributed by atoms with Crippen LogP contribution in [0.15, 0.2) is 333 Å². The van der Waals surface area contributed by atoms with E-state index < -0.39 is 71.4 Å². The van der Waals surface area contributed by atoms with Crippen LogP contribution in [-0.2, 0) is 126 Å². The first-order chi connectivity index (χ1) is 60.0. The molecule has 0 saturated carbocycles. The second-order valence-corrected chi connectivity index (χ2v) is 27.3. The predicted molar refractivity (Wildman–Crippen MR) is 482 cm³/mol. The number of aliphatic hydroxyl groups excluding tert-OH is 10. The van der Waals surface area contributed by atoms with Crippen molar-refractivity contribution in [3.8, 4) is 66.9 Å². The number of carbonyl (C=O) groups is 1. The molecule has 32 heteroatoms. The molecule has 0 radical (unpaired) electrons. The molecule has 0 amide bonds. The summed E-state index contributed by atoms with van der Waals surface area (Å²) in [4.78, 5) is 39.6. The standard InChI is InChI=1S/C13H8NS.C12H10N.3C11H6F2N.C11H8N.C6H5NO2.5C5H10O2.6Pt/c1-2-7-12-10(5-1)9-13(15-12)11-6-3-4-8-14-11;1-10-5-7-11(8-6-10)12-4-2-3-9-13-12;12-8-4-5-9(10(13)7-8)11-3-1-2-6-14-11;2*12-9-5-4-8(7-10(9)13)11-3-1-2-6-14-11;1-2-6-10(7-3-1)11-8-4-5-9-12-11;8-6(9)5-3-1-2-4-7-5;5*1-4(6)3-5(2)7;;;;;;/h1-8H;2-7,9H,1H3;1-4,6-7H;2*1-3,5-7H;1-6,8-9H;1-4H,(H,8,9);5*3-4,6-7H,1-2H3;;;;;;/q6*-1;;;;;;;;;;;;. The van der Waals surface area contributed by atoms with Crippen LogP contribution in [0.4, 0.5) is 26.3 Å². The number of halogens is 6. The molecular weight excluding hydrogens is 2810 g/mol. The second-order valence-electron chi connectivity index (χ2n) is 26.3. The van der Waals surface area contributed by atoms with Crippen LogP contribution in [0.25, 0.3) is 76.9 Å². The molecular formula is C100H99F6N7O12Pt6S-6. The number of hydrogen-bond acceptors (Lipinski definition) is 19. The van der Waals surface area contributed by atoms with Gasteiger partial charge in [0.05, 0.1) is 82.6 Å². The number of aromatic carboxylic acids is 1. The Labute approximate surface area is 857 Å². The van der Waals surface area contributed by atoms with Gasteiger partial charge in [-0.1, -0.05) is 110 Å². The maximum atomic E-state index is 13.2. The molecule has 5 atom stereocenters. The van der Waals surface area contributed by atoms with Crippen molar-refractivity contribution in [2.75, 3.05) is 0 Å². The van der Waals surface area contributed by atoms with Gasteiger partial charge in [-0.25, -0.2) is 29.9 Å². The molecule has 0 saturated heterocycles. The number of carboxylic acid groups (broad SMARTS) is 1. The van der Waals surface area contributed by atoms with Crippen molar-refractivity contribution in [3.05, 3.63) is 416 Å². The quantitative estimate of drug-likeness (QED) is 0.0307. The van der Waals surface area contributed by atoms with Crippen molar-refractivity contribution in [2.24, 2.45) is 0 Å². The molecule has 0 aliphatic rings. The molecule has 8 heterocycles. The monoisotopic (exact) mass is 2910 g/mol. The summed E-state index contributed by atoms with van der Waals surface area (Å²) in [5.74, 6) is -5.03. The number of aromatic nitrogens is 7. The van der Waals surface area contributed by atoms with Crippen LogP contribution < -0.4 is 0 Å². The van der Waals surface area contributed by atoms with E-state index in [0.717, 1.165) is 69.5 Å². The molecule has 0 aliphatic heterocycles. The number of pyridine rings is 7. The molecule has 0 spiro atoms. The Morgan fingerprint density at radius 1 is 0.333 bits per heavy atom. The minimum Gasteiger partial charge on any atom is -0.513 e. The molecule has 720 valence electrons. The van der Waals surface area contributed by atoms with Crippen molar-refractivity contribution in [3.63, 3.8) is 0 Å². The maximum Gasteiger partial charge on any atom is 0.354 e. The maximum absolute atomic E-state index is 13.2. The Morgan fingerprint density at radius 3 is 0.939 bits per heavy atom. The van der Waals surface area contributed by atoms with Gasteiger partial charge in [-0.3, -0.25) is 17.6 Å². The number of nitrogens with zero attached hydrogens (tertiary/aromatic N) is 7. The molecule has 14 rings (SSSR count). The molecule has 0 aliphatic carbocycles. The van der Waals surface area contributed by atoms with Crippen molar-refractivity contribution < 1.29 is 214 Å². The van der Waals surface area contributed by atoms with Gasteiger partial charge in [0.25, 0.3) is 0 Å². The van der Waals surface area contributed by atoms with Crippen LogP contribution in [0.5, 0.6) is 0 Å². The Hall–Kier alpha value is -9.99. The van der Waals surface area contributed by atoms with E-state index in [4.69, 9.17) is 56.2 Å². The third kappa shape index (κ3) is 58.8. The summed E-state index contributed by atoms with van der Waals surface area (Å²) in [5.41, 5.74) is 9.02. The number of allylic oxidation sites excluding steroid dienone is 5. The summed E-state index contributed by atoms with van der Waals surface area (Å²) >= 11 is 1.73. The molecule has 8 aromatic heterocycles. The van der Waals surface area contributed by atoms with Crippen LogP contribution in [0.1, 0.15) is 85.3 Å². The average Bonchev–Trinajstić information content (AvgIpc) is 1.67. The fourth-order valence-corrected chi connectivity index (χ4v) is 10.4. The minimum absolute atomic E-state index is 0. The summed E-state index contributed by atoms with van der Waals surface area (Å²) in [7, 11) is 0. The first kappa shape index (κ1) is 128. The van der Waals surface area contributed by atoms with E-state index in [2.05, 4.69) is 102 Å². The summed E-state index contributed by atoms with van der Waals surface area (Å²) in [5, 5.41) is 94.0. The fraction of sp³-hybridized carbons (Fsp3) is 0.160. The summed E-state index contributed by atoms with van der Waals surface area (Å²) in [6.07, 6.45) is 15.7. The Balaban J connectivity index is -0.000000682. The topological polar surface area (TPSA) is 330 Å². The van der Waals surface area contributed by atoms with Crippen molar-refractivity contribution >= 4 is 27.4 Å². The average molecular weight is 2910 g/mol. The van der Waals surface area contributed by atoms with Crippen molar-refractivity contribution in [2.45, 2.75) is 107 Å². The van der Waals surface area contributed by atoms with E-state index in [0.29, 0.717) is 28.2 Å². The predicted octanol–water partition coefficient (Wildman–Crippen LogP) is 22.6. The molecule has 19 nitrogen and oxygen atoms in total. The summed E-state index contributed by atoms with van der Waals surface area (Å²) < 4.78 is 77.9. The Kier molecular flexibility index (Phi) is 72.4. The molecule has 0 fully saturated rings. The van der Waals surface area contributed by atoms with E-state index in [1.165, 1.54) is 92.9 Å². The van der Waals surface area contributed by atoms with Gasteiger partial charge in [-0.15, -0.1) is 155 Å². The molecule has 0 bridgehead atoms. The molecule has 5 unspecified atom stereocenters. The number of aliphatic hydroxyl groups is 10. The zero-order valence-electron chi connectivity index (χ0n) is 72.8. The Morgan fingerprint density at radius 2 is 0.659 bits per heavy atom. The zero-order valence-corrected chi connectivity index (χ0v) is 87.2. The summed E-state index contributed by atoms with van der Waals surface area (Å²) in [6.45, 7) is 17.6. The van der Waals surface area contributed by atoms with Crippen molar-refractivity contribution in [1.82, 2.24) is 34.9 Å². The van der Waals surface area contributed by atoms with Gasteiger partial charge in [0.15, 0.2) is 0 Å². The van der Waals surface area contributed by atoms with E-state index >= 15 is 0 Å². The minimum atomic E-state index is -0.990. The number of carboxylic acids is 1. The third-order valence-electron chi connectivity index (χ3n) is 14.5.